The van der Waals surface area contributed by atoms with E-state index in [1.165, 1.54) is 0 Å². The van der Waals surface area contributed by atoms with Crippen molar-refractivity contribution in [3.8, 4) is 5.75 Å². The van der Waals surface area contributed by atoms with E-state index in [-0.39, 0.29) is 5.54 Å². The van der Waals surface area contributed by atoms with Crippen molar-refractivity contribution in [2.45, 2.75) is 38.0 Å². The second-order valence-electron chi connectivity index (χ2n) is 7.94. The van der Waals surface area contributed by atoms with E-state index in [9.17, 15) is 5.11 Å². The van der Waals surface area contributed by atoms with Gasteiger partial charge in [-0.25, -0.2) is 0 Å². The number of likely N-dealkylation sites (tertiary alicyclic amines) is 1. The van der Waals surface area contributed by atoms with Gasteiger partial charge in [0.2, 0.25) is 0 Å². The maximum Gasteiger partial charge on any atom is 0.120 e. The van der Waals surface area contributed by atoms with Crippen LogP contribution in [0.4, 0.5) is 0 Å². The van der Waals surface area contributed by atoms with E-state index in [1.54, 1.807) is 6.07 Å². The zero-order valence-electron chi connectivity index (χ0n) is 14.8. The molecule has 0 amide bonds. The van der Waals surface area contributed by atoms with Gasteiger partial charge in [-0.2, -0.15) is 0 Å². The monoisotopic (exact) mass is 331 g/mol. The maximum absolute atomic E-state index is 10.0. The Morgan fingerprint density at radius 3 is 2.79 bits per heavy atom. The van der Waals surface area contributed by atoms with Crippen molar-refractivity contribution in [1.82, 2.24) is 14.7 Å². The van der Waals surface area contributed by atoms with Crippen LogP contribution in [-0.2, 0) is 11.3 Å². The van der Waals surface area contributed by atoms with Gasteiger partial charge in [-0.1, -0.05) is 18.2 Å². The molecule has 3 aliphatic heterocycles. The fraction of sp³-hybridized carbons (Fsp3) is 0.684. The first-order valence-corrected chi connectivity index (χ1v) is 9.15. The molecule has 3 saturated heterocycles. The molecule has 0 aliphatic carbocycles. The van der Waals surface area contributed by atoms with Gasteiger partial charge >= 0.3 is 0 Å². The number of nitrogens with zero attached hydrogens (tertiary/aromatic N) is 3. The normalized spacial score (nSPS) is 28.0. The minimum Gasteiger partial charge on any atom is -0.508 e. The molecule has 1 aromatic rings. The number of benzene rings is 1. The topological polar surface area (TPSA) is 39.2 Å². The third-order valence-electron chi connectivity index (χ3n) is 5.93. The molecule has 1 aromatic carbocycles. The van der Waals surface area contributed by atoms with Gasteiger partial charge in [-0.15, -0.1) is 0 Å². The van der Waals surface area contributed by atoms with Crippen LogP contribution >= 0.6 is 0 Å². The van der Waals surface area contributed by atoms with E-state index in [2.05, 4.69) is 28.5 Å². The van der Waals surface area contributed by atoms with Gasteiger partial charge in [0.05, 0.1) is 18.8 Å². The molecule has 132 valence electrons. The average Bonchev–Trinajstić information content (AvgIpc) is 2.55. The molecule has 1 N–H and O–H groups in total. The maximum atomic E-state index is 10.0. The molecule has 0 saturated carbocycles. The summed E-state index contributed by atoms with van der Waals surface area (Å²) in [5, 5.41) is 10.0. The molecule has 4 rings (SSSR count). The summed E-state index contributed by atoms with van der Waals surface area (Å²) in [6.45, 7) is 12.7. The molecular formula is C19H29N3O2. The summed E-state index contributed by atoms with van der Waals surface area (Å²) in [4.78, 5) is 7.80. The first kappa shape index (κ1) is 16.3. The van der Waals surface area contributed by atoms with E-state index in [0.29, 0.717) is 17.8 Å². The summed E-state index contributed by atoms with van der Waals surface area (Å²) in [6, 6.07) is 8.81. The fourth-order valence-electron chi connectivity index (χ4n) is 4.69. The largest absolute Gasteiger partial charge is 0.508 e. The smallest absolute Gasteiger partial charge is 0.120 e. The summed E-state index contributed by atoms with van der Waals surface area (Å²) < 4.78 is 5.75. The van der Waals surface area contributed by atoms with Gasteiger partial charge in [0.1, 0.15) is 5.75 Å². The van der Waals surface area contributed by atoms with Gasteiger partial charge in [0.15, 0.2) is 0 Å². The van der Waals surface area contributed by atoms with Crippen LogP contribution in [0.2, 0.25) is 0 Å². The molecule has 0 radical (unpaired) electrons. The highest BCUT2D eigenvalue weighted by Crippen LogP contribution is 2.37. The third-order valence-corrected chi connectivity index (χ3v) is 5.93. The Morgan fingerprint density at radius 1 is 1.25 bits per heavy atom. The third kappa shape index (κ3) is 2.84. The second-order valence-corrected chi connectivity index (χ2v) is 7.94. The Bertz CT molecular complexity index is 586. The molecule has 3 fully saturated rings. The van der Waals surface area contributed by atoms with E-state index in [4.69, 9.17) is 4.74 Å². The standard InChI is InChI=1S/C19H29N3O2/c1-15(2)21-10-17-11-24-8-7-22(17)19(14-21)12-20(13-19)9-16-5-3-4-6-18(16)23/h3-6,15,17,23H,7-14H2,1-2H3. The average molecular weight is 331 g/mol. The van der Waals surface area contributed by atoms with Gasteiger partial charge in [-0.05, 0) is 19.9 Å². The van der Waals surface area contributed by atoms with Crippen LogP contribution in [0.15, 0.2) is 24.3 Å². The van der Waals surface area contributed by atoms with E-state index < -0.39 is 0 Å². The number of hydrogen-bond donors (Lipinski definition) is 1. The first-order chi connectivity index (χ1) is 11.6. The van der Waals surface area contributed by atoms with Gasteiger partial charge in [0.25, 0.3) is 0 Å². The summed E-state index contributed by atoms with van der Waals surface area (Å²) in [6.07, 6.45) is 0. The minimum absolute atomic E-state index is 0.265. The molecule has 24 heavy (non-hydrogen) atoms. The molecule has 3 heterocycles. The number of phenols is 1. The lowest BCUT2D eigenvalue weighted by molar-refractivity contribution is -0.171. The van der Waals surface area contributed by atoms with Crippen LogP contribution in [-0.4, -0.2) is 83.4 Å². The molecule has 5 heteroatoms. The molecule has 5 nitrogen and oxygen atoms in total. The van der Waals surface area contributed by atoms with Gasteiger partial charge in [0, 0.05) is 56.9 Å². The Hall–Kier alpha value is -1.14. The molecule has 1 unspecified atom stereocenters. The highest BCUT2D eigenvalue weighted by molar-refractivity contribution is 5.32. The number of hydrogen-bond acceptors (Lipinski definition) is 5. The van der Waals surface area contributed by atoms with Crippen LogP contribution in [0.3, 0.4) is 0 Å². The number of rotatable bonds is 3. The predicted octanol–water partition coefficient (Wildman–Crippen LogP) is 1.37. The van der Waals surface area contributed by atoms with Crippen molar-refractivity contribution in [3.05, 3.63) is 29.8 Å². The molecule has 0 bridgehead atoms. The van der Waals surface area contributed by atoms with Crippen molar-refractivity contribution >= 4 is 0 Å². The van der Waals surface area contributed by atoms with Crippen LogP contribution in [0.1, 0.15) is 19.4 Å². The lowest BCUT2D eigenvalue weighted by Gasteiger charge is -2.64. The number of phenolic OH excluding ortho intramolecular Hbond substituents is 1. The zero-order valence-corrected chi connectivity index (χ0v) is 14.8. The molecule has 1 atom stereocenters. The van der Waals surface area contributed by atoms with E-state index >= 15 is 0 Å². The van der Waals surface area contributed by atoms with Crippen molar-refractivity contribution in [2.24, 2.45) is 0 Å². The highest BCUT2D eigenvalue weighted by Gasteiger charge is 2.54. The Morgan fingerprint density at radius 2 is 2.04 bits per heavy atom. The van der Waals surface area contributed by atoms with Gasteiger partial charge < -0.3 is 9.84 Å². The fourth-order valence-corrected chi connectivity index (χ4v) is 4.69. The van der Waals surface area contributed by atoms with Crippen LogP contribution in [0, 0.1) is 0 Å². The van der Waals surface area contributed by atoms with Gasteiger partial charge in [-0.3, -0.25) is 14.7 Å². The molecular weight excluding hydrogens is 302 g/mol. The van der Waals surface area contributed by atoms with Crippen LogP contribution in [0.25, 0.3) is 0 Å². The first-order valence-electron chi connectivity index (χ1n) is 9.15. The number of aromatic hydroxyl groups is 1. The highest BCUT2D eigenvalue weighted by atomic mass is 16.5. The number of ether oxygens (including phenoxy) is 1. The Balaban J connectivity index is 1.47. The summed E-state index contributed by atoms with van der Waals surface area (Å²) in [7, 11) is 0. The molecule has 0 aromatic heterocycles. The van der Waals surface area contributed by atoms with Crippen LogP contribution < -0.4 is 0 Å². The number of piperazine rings is 1. The summed E-state index contributed by atoms with van der Waals surface area (Å²) >= 11 is 0. The molecule has 1 spiro atoms. The van der Waals surface area contributed by atoms with Crippen molar-refractivity contribution < 1.29 is 9.84 Å². The minimum atomic E-state index is 0.265. The Kier molecular flexibility index (Phi) is 4.29. The number of fused-ring (bicyclic) bond motifs is 2. The van der Waals surface area contributed by atoms with Crippen molar-refractivity contribution in [2.75, 3.05) is 45.9 Å². The van der Waals surface area contributed by atoms with E-state index in [1.807, 2.05) is 18.2 Å². The quantitative estimate of drug-likeness (QED) is 0.906. The SMILES string of the molecule is CC(C)N1CC2COCCN2C2(CN(Cc3ccccc3O)C2)C1. The van der Waals surface area contributed by atoms with Crippen LogP contribution in [0.5, 0.6) is 5.75 Å². The second kappa shape index (κ2) is 6.30. The lowest BCUT2D eigenvalue weighted by Crippen LogP contribution is -2.80. The number of morpholine rings is 1. The van der Waals surface area contributed by atoms with Crippen molar-refractivity contribution in [3.63, 3.8) is 0 Å². The van der Waals surface area contributed by atoms with Crippen molar-refractivity contribution in [1.29, 1.82) is 0 Å². The molecule has 3 aliphatic rings. The lowest BCUT2D eigenvalue weighted by atomic mass is 9.82. The predicted molar refractivity (Wildman–Crippen MR) is 94.1 cm³/mol. The zero-order chi connectivity index (χ0) is 16.7. The number of para-hydroxylation sites is 1. The van der Waals surface area contributed by atoms with E-state index in [0.717, 1.165) is 58.0 Å². The summed E-state index contributed by atoms with van der Waals surface area (Å²) in [5.41, 5.74) is 1.30. The Labute approximate surface area is 144 Å². The summed E-state index contributed by atoms with van der Waals surface area (Å²) in [5.74, 6) is 0.412.